The fraction of sp³-hybridized carbons (Fsp3) is 0.391. The van der Waals surface area contributed by atoms with Crippen LogP contribution in [0.2, 0.25) is 0 Å². The zero-order valence-electron chi connectivity index (χ0n) is 16.4. The standard InChI is InChI=1S/C23H27N3O/c1-16(2)12-13-25-21-11-7-5-9-19(21)24-23(25)18-14-22(27)26(15-18)20-10-6-4-8-17(20)3/h4-11,16,18H,12-15H2,1-3H3/t18-/m1/s1. The van der Waals surface area contributed by atoms with Crippen molar-refractivity contribution >= 4 is 22.6 Å². The van der Waals surface area contributed by atoms with Crippen molar-refractivity contribution in [3.05, 3.63) is 59.9 Å². The quantitative estimate of drug-likeness (QED) is 0.647. The molecule has 0 spiro atoms. The van der Waals surface area contributed by atoms with Crippen molar-refractivity contribution in [2.24, 2.45) is 5.92 Å². The van der Waals surface area contributed by atoms with Gasteiger partial charge in [-0.05, 0) is 43.0 Å². The van der Waals surface area contributed by atoms with Crippen LogP contribution >= 0.6 is 0 Å². The number of aromatic nitrogens is 2. The van der Waals surface area contributed by atoms with Crippen molar-refractivity contribution in [1.82, 2.24) is 9.55 Å². The number of nitrogens with zero attached hydrogens (tertiary/aromatic N) is 3. The third-order valence-electron chi connectivity index (χ3n) is 5.51. The van der Waals surface area contributed by atoms with E-state index in [-0.39, 0.29) is 11.8 Å². The number of hydrogen-bond donors (Lipinski definition) is 0. The van der Waals surface area contributed by atoms with E-state index in [9.17, 15) is 4.79 Å². The second-order valence-electron chi connectivity index (χ2n) is 7.98. The predicted octanol–water partition coefficient (Wildman–Crippen LogP) is 4.91. The Balaban J connectivity index is 1.69. The van der Waals surface area contributed by atoms with Crippen molar-refractivity contribution in [2.75, 3.05) is 11.4 Å². The van der Waals surface area contributed by atoms with Crippen LogP contribution in [0.5, 0.6) is 0 Å². The number of carbonyl (C=O) groups excluding carboxylic acids is 1. The first-order valence-electron chi connectivity index (χ1n) is 9.85. The Morgan fingerprint density at radius 1 is 1.11 bits per heavy atom. The largest absolute Gasteiger partial charge is 0.328 e. The van der Waals surface area contributed by atoms with E-state index >= 15 is 0 Å². The van der Waals surface area contributed by atoms with E-state index in [1.165, 1.54) is 5.52 Å². The number of rotatable bonds is 5. The number of aryl methyl sites for hydroxylation is 2. The van der Waals surface area contributed by atoms with Crippen LogP contribution in [0.15, 0.2) is 48.5 Å². The highest BCUT2D eigenvalue weighted by molar-refractivity contribution is 5.97. The summed E-state index contributed by atoms with van der Waals surface area (Å²) in [6, 6.07) is 16.4. The van der Waals surface area contributed by atoms with E-state index in [4.69, 9.17) is 4.98 Å². The summed E-state index contributed by atoms with van der Waals surface area (Å²) in [4.78, 5) is 19.7. The van der Waals surface area contributed by atoms with Gasteiger partial charge in [0.2, 0.25) is 5.91 Å². The van der Waals surface area contributed by atoms with Gasteiger partial charge in [0.1, 0.15) is 5.82 Å². The van der Waals surface area contributed by atoms with Crippen molar-refractivity contribution in [2.45, 2.75) is 46.1 Å². The minimum Gasteiger partial charge on any atom is -0.328 e. The lowest BCUT2D eigenvalue weighted by Crippen LogP contribution is -2.25. The Bertz CT molecular complexity index is 973. The molecular formula is C23H27N3O. The van der Waals surface area contributed by atoms with Gasteiger partial charge >= 0.3 is 0 Å². The SMILES string of the molecule is Cc1ccccc1N1C[C@H](c2nc3ccccc3n2CCC(C)C)CC1=O. The maximum atomic E-state index is 12.8. The summed E-state index contributed by atoms with van der Waals surface area (Å²) < 4.78 is 2.34. The Morgan fingerprint density at radius 2 is 1.85 bits per heavy atom. The van der Waals surface area contributed by atoms with Crippen LogP contribution in [0, 0.1) is 12.8 Å². The van der Waals surface area contributed by atoms with Crippen molar-refractivity contribution in [1.29, 1.82) is 0 Å². The van der Waals surface area contributed by atoms with Gasteiger partial charge < -0.3 is 9.47 Å². The van der Waals surface area contributed by atoms with E-state index in [0.29, 0.717) is 18.9 Å². The van der Waals surface area contributed by atoms with E-state index in [1.54, 1.807) is 0 Å². The molecule has 1 saturated heterocycles. The van der Waals surface area contributed by atoms with Gasteiger partial charge in [-0.2, -0.15) is 0 Å². The van der Waals surface area contributed by atoms with Gasteiger partial charge in [0, 0.05) is 31.1 Å². The topological polar surface area (TPSA) is 38.1 Å². The smallest absolute Gasteiger partial charge is 0.227 e. The highest BCUT2D eigenvalue weighted by Crippen LogP contribution is 2.34. The molecule has 1 aliphatic rings. The average molecular weight is 361 g/mol. The molecule has 0 N–H and O–H groups in total. The van der Waals surface area contributed by atoms with E-state index in [2.05, 4.69) is 49.6 Å². The molecule has 2 aromatic carbocycles. The van der Waals surface area contributed by atoms with Gasteiger partial charge in [-0.3, -0.25) is 4.79 Å². The lowest BCUT2D eigenvalue weighted by Gasteiger charge is -2.19. The fourth-order valence-corrected chi connectivity index (χ4v) is 4.01. The summed E-state index contributed by atoms with van der Waals surface area (Å²) in [6.45, 7) is 8.21. The number of amides is 1. The molecule has 140 valence electrons. The van der Waals surface area contributed by atoms with E-state index < -0.39 is 0 Å². The number of para-hydroxylation sites is 3. The Hall–Kier alpha value is -2.62. The zero-order valence-corrected chi connectivity index (χ0v) is 16.4. The number of anilines is 1. The van der Waals surface area contributed by atoms with Gasteiger partial charge in [0.15, 0.2) is 0 Å². The highest BCUT2D eigenvalue weighted by atomic mass is 16.2. The second kappa shape index (κ2) is 7.18. The predicted molar refractivity (Wildman–Crippen MR) is 110 cm³/mol. The number of imidazole rings is 1. The van der Waals surface area contributed by atoms with Crippen molar-refractivity contribution in [3.8, 4) is 0 Å². The normalized spacial score (nSPS) is 17.4. The molecule has 1 amide bonds. The third kappa shape index (κ3) is 3.36. The van der Waals surface area contributed by atoms with Gasteiger partial charge in [0.25, 0.3) is 0 Å². The molecule has 0 aliphatic carbocycles. The molecule has 2 heterocycles. The molecule has 1 fully saturated rings. The maximum Gasteiger partial charge on any atom is 0.227 e. The zero-order chi connectivity index (χ0) is 19.0. The summed E-state index contributed by atoms with van der Waals surface area (Å²) in [5.41, 5.74) is 4.36. The number of carbonyl (C=O) groups is 1. The third-order valence-corrected chi connectivity index (χ3v) is 5.51. The first-order valence-corrected chi connectivity index (χ1v) is 9.85. The Kier molecular flexibility index (Phi) is 4.73. The van der Waals surface area contributed by atoms with Crippen LogP contribution in [0.25, 0.3) is 11.0 Å². The lowest BCUT2D eigenvalue weighted by atomic mass is 10.1. The van der Waals surface area contributed by atoms with E-state index in [1.807, 2.05) is 29.2 Å². The Morgan fingerprint density at radius 3 is 2.63 bits per heavy atom. The number of fused-ring (bicyclic) bond motifs is 1. The number of hydrogen-bond acceptors (Lipinski definition) is 2. The molecular weight excluding hydrogens is 334 g/mol. The first-order chi connectivity index (χ1) is 13.0. The summed E-state index contributed by atoms with van der Waals surface area (Å²) in [5.74, 6) is 2.02. The molecule has 4 nitrogen and oxygen atoms in total. The van der Waals surface area contributed by atoms with Gasteiger partial charge in [-0.1, -0.05) is 44.2 Å². The minimum atomic E-state index is 0.136. The molecule has 1 atom stereocenters. The molecule has 4 rings (SSSR count). The van der Waals surface area contributed by atoms with Crippen LogP contribution in [0.3, 0.4) is 0 Å². The summed E-state index contributed by atoms with van der Waals surface area (Å²) in [7, 11) is 0. The molecule has 4 heteroatoms. The van der Waals surface area contributed by atoms with E-state index in [0.717, 1.165) is 35.6 Å². The molecule has 0 bridgehead atoms. The van der Waals surface area contributed by atoms with Crippen LogP contribution in [0.1, 0.15) is 44.0 Å². The molecule has 0 saturated carbocycles. The summed E-state index contributed by atoms with van der Waals surface area (Å²) >= 11 is 0. The highest BCUT2D eigenvalue weighted by Gasteiger charge is 2.35. The van der Waals surface area contributed by atoms with Crippen LogP contribution in [0.4, 0.5) is 5.69 Å². The van der Waals surface area contributed by atoms with Crippen molar-refractivity contribution in [3.63, 3.8) is 0 Å². The summed E-state index contributed by atoms with van der Waals surface area (Å²) in [5, 5.41) is 0. The molecule has 27 heavy (non-hydrogen) atoms. The van der Waals surface area contributed by atoms with Crippen molar-refractivity contribution < 1.29 is 4.79 Å². The second-order valence-corrected chi connectivity index (χ2v) is 7.98. The molecule has 0 radical (unpaired) electrons. The van der Waals surface area contributed by atoms with Crippen LogP contribution in [-0.4, -0.2) is 22.0 Å². The minimum absolute atomic E-state index is 0.136. The monoisotopic (exact) mass is 361 g/mol. The Labute approximate surface area is 160 Å². The number of benzene rings is 2. The fourth-order valence-electron chi connectivity index (χ4n) is 4.01. The first kappa shape index (κ1) is 17.8. The molecule has 1 aliphatic heterocycles. The van der Waals surface area contributed by atoms with Gasteiger partial charge in [0.05, 0.1) is 11.0 Å². The molecule has 1 aromatic heterocycles. The van der Waals surface area contributed by atoms with Gasteiger partial charge in [-0.15, -0.1) is 0 Å². The maximum absolute atomic E-state index is 12.8. The lowest BCUT2D eigenvalue weighted by molar-refractivity contribution is -0.117. The average Bonchev–Trinajstić information content (AvgIpc) is 3.21. The molecule has 0 unspecified atom stereocenters. The van der Waals surface area contributed by atoms with Gasteiger partial charge in [-0.25, -0.2) is 4.98 Å². The summed E-state index contributed by atoms with van der Waals surface area (Å²) in [6.07, 6.45) is 1.63. The molecule has 3 aromatic rings. The van der Waals surface area contributed by atoms with Crippen LogP contribution in [-0.2, 0) is 11.3 Å². The van der Waals surface area contributed by atoms with Crippen LogP contribution < -0.4 is 4.90 Å².